The maximum atomic E-state index is 10.5. The first-order valence-electron chi connectivity index (χ1n) is 28.5. The van der Waals surface area contributed by atoms with Crippen molar-refractivity contribution in [1.29, 1.82) is 0 Å². The van der Waals surface area contributed by atoms with Gasteiger partial charge in [-0.3, -0.25) is 0 Å². The fourth-order valence-corrected chi connectivity index (χ4v) is 10.5. The zero-order valence-corrected chi connectivity index (χ0v) is 43.9. The van der Waals surface area contributed by atoms with Crippen LogP contribution in [0, 0.1) is 0 Å². The van der Waals surface area contributed by atoms with Gasteiger partial charge < -0.3 is 14.7 Å². The molecule has 0 fully saturated rings. The molecule has 0 aromatic heterocycles. The Hall–Kier alpha value is -7.30. The zero-order chi connectivity index (χ0) is 55.7. The number of nitrogens with zero attached hydrogens (tertiary/aromatic N) is 3. The van der Waals surface area contributed by atoms with Crippen LogP contribution in [-0.2, 0) is 21.7 Å². The maximum absolute atomic E-state index is 10.5. The van der Waals surface area contributed by atoms with Crippen LogP contribution in [0.2, 0.25) is 0 Å². The van der Waals surface area contributed by atoms with Crippen LogP contribution in [0.3, 0.4) is 0 Å². The van der Waals surface area contributed by atoms with Gasteiger partial charge in [-0.2, -0.15) is 0 Å². The van der Waals surface area contributed by atoms with Gasteiger partial charge >= 0.3 is 0 Å². The molecule has 0 unspecified atom stereocenters. The Morgan fingerprint density at radius 2 is 0.861 bits per heavy atom. The van der Waals surface area contributed by atoms with Crippen molar-refractivity contribution in [3.8, 4) is 11.1 Å². The quantitative estimate of drug-likeness (QED) is 0.154. The Bertz CT molecular complexity index is 3700. The van der Waals surface area contributed by atoms with Crippen LogP contribution in [0.5, 0.6) is 0 Å². The van der Waals surface area contributed by atoms with E-state index in [-0.39, 0.29) is 47.1 Å². The van der Waals surface area contributed by atoms with Crippen LogP contribution in [-0.4, -0.2) is 6.71 Å². The van der Waals surface area contributed by atoms with Crippen LogP contribution >= 0.6 is 0 Å². The van der Waals surface area contributed by atoms with Gasteiger partial charge in [-0.15, -0.1) is 0 Å². The molecule has 0 N–H and O–H groups in total. The molecule has 9 aromatic rings. The van der Waals surface area contributed by atoms with Gasteiger partial charge in [-0.25, -0.2) is 0 Å². The normalized spacial score (nSPS) is 14.6. The molecule has 0 radical (unpaired) electrons. The second-order valence-corrected chi connectivity index (χ2v) is 23.9. The van der Waals surface area contributed by atoms with Crippen molar-refractivity contribution < 1.29 is 8.22 Å². The van der Waals surface area contributed by atoms with Gasteiger partial charge in [0.25, 0.3) is 6.71 Å². The molecule has 2 aliphatic rings. The highest BCUT2D eigenvalue weighted by Gasteiger charge is 2.45. The monoisotopic (exact) mass is 944 g/mol. The molecule has 72 heavy (non-hydrogen) atoms. The van der Waals surface area contributed by atoms with E-state index in [1.807, 2.05) is 47.6 Å². The Morgan fingerprint density at radius 3 is 1.36 bits per heavy atom. The number of benzene rings is 9. The summed E-state index contributed by atoms with van der Waals surface area (Å²) in [5.74, 6) is 0. The Morgan fingerprint density at radius 1 is 0.403 bits per heavy atom. The van der Waals surface area contributed by atoms with Crippen molar-refractivity contribution in [1.82, 2.24) is 0 Å². The van der Waals surface area contributed by atoms with E-state index in [9.17, 15) is 8.22 Å². The van der Waals surface area contributed by atoms with Gasteiger partial charge in [0, 0.05) is 45.4 Å². The van der Waals surface area contributed by atoms with Crippen LogP contribution in [0.25, 0.3) is 21.9 Å². The van der Waals surface area contributed by atoms with E-state index < -0.39 is 17.5 Å². The van der Waals surface area contributed by atoms with E-state index in [1.165, 1.54) is 0 Å². The largest absolute Gasteiger partial charge is 0.311 e. The summed E-state index contributed by atoms with van der Waals surface area (Å²) in [5.41, 5.74) is 11.7. The number of rotatable bonds is 6. The van der Waals surface area contributed by atoms with Gasteiger partial charge in [0.05, 0.1) is 19.6 Å². The van der Waals surface area contributed by atoms with Crippen molar-refractivity contribution in [2.45, 2.75) is 105 Å². The third-order valence-electron chi connectivity index (χ3n) is 14.5. The summed E-state index contributed by atoms with van der Waals surface area (Å²) in [5, 5.41) is 2.17. The average molecular weight is 944 g/mol. The van der Waals surface area contributed by atoms with Crippen molar-refractivity contribution in [3.05, 3.63) is 216 Å². The highest BCUT2D eigenvalue weighted by atomic mass is 15.2. The van der Waals surface area contributed by atoms with E-state index in [0.29, 0.717) is 33.4 Å². The number of para-hydroxylation sites is 1. The van der Waals surface area contributed by atoms with E-state index in [0.717, 1.165) is 78.3 Å². The molecular formula is C68H68BN3. The summed E-state index contributed by atoms with van der Waals surface area (Å²) in [6.07, 6.45) is 0. The maximum Gasteiger partial charge on any atom is 0.252 e. The molecular weight excluding hydrogens is 870 g/mol. The standard InChI is InChI=1S/C68H68BN3/c1-65(2,3)48-27-34-52(35-28-48)71-60-38-31-50(67(7,8)9)41-57(60)69-58-42-51(68(10,11)12)32-39-61(58)72(53-36-29-49(30-37-53)66(4,5)6)63-44-55(43-62(71)64(63)69)70(54-33-26-45-20-16-17-23-47(45)40-54)59-25-19-18-24-56(59)46-21-14-13-15-22-46/h13-44H,1-12H3/i31D,32D,38D,39D,41D,42D. The third kappa shape index (κ3) is 8.29. The summed E-state index contributed by atoms with van der Waals surface area (Å²) >= 11 is 0. The van der Waals surface area contributed by atoms with Crippen molar-refractivity contribution in [2.24, 2.45) is 0 Å². The van der Waals surface area contributed by atoms with E-state index in [1.54, 1.807) is 0 Å². The molecule has 2 heterocycles. The lowest BCUT2D eigenvalue weighted by molar-refractivity contribution is 0.590. The average Bonchev–Trinajstić information content (AvgIpc) is 1.46. The van der Waals surface area contributed by atoms with Crippen molar-refractivity contribution in [3.63, 3.8) is 0 Å². The molecule has 11 rings (SSSR count). The van der Waals surface area contributed by atoms with E-state index in [4.69, 9.17) is 0 Å². The molecule has 0 aliphatic carbocycles. The van der Waals surface area contributed by atoms with E-state index >= 15 is 0 Å². The summed E-state index contributed by atoms with van der Waals surface area (Å²) < 4.78 is 61.6. The molecule has 0 atom stereocenters. The molecule has 0 spiro atoms. The van der Waals surface area contributed by atoms with Gasteiger partial charge in [0.2, 0.25) is 0 Å². The second-order valence-electron chi connectivity index (χ2n) is 23.9. The van der Waals surface area contributed by atoms with Crippen LogP contribution in [0.4, 0.5) is 51.2 Å². The smallest absolute Gasteiger partial charge is 0.252 e. The summed E-state index contributed by atoms with van der Waals surface area (Å²) in [7, 11) is 0. The van der Waals surface area contributed by atoms with E-state index in [2.05, 4.69) is 208 Å². The molecule has 9 aromatic carbocycles. The fourth-order valence-electron chi connectivity index (χ4n) is 10.5. The van der Waals surface area contributed by atoms with Crippen LogP contribution < -0.4 is 31.1 Å². The first-order chi connectivity index (χ1) is 36.8. The first-order valence-corrected chi connectivity index (χ1v) is 25.5. The van der Waals surface area contributed by atoms with Gasteiger partial charge in [0.1, 0.15) is 0 Å². The second kappa shape index (κ2) is 17.2. The zero-order valence-electron chi connectivity index (χ0n) is 49.9. The van der Waals surface area contributed by atoms with Crippen molar-refractivity contribution in [2.75, 3.05) is 14.7 Å². The topological polar surface area (TPSA) is 9.72 Å². The number of anilines is 9. The minimum absolute atomic E-state index is 0.0160. The molecule has 0 saturated carbocycles. The number of hydrogen-bond donors (Lipinski definition) is 0. The lowest BCUT2D eigenvalue weighted by atomic mass is 9.33. The summed E-state index contributed by atoms with van der Waals surface area (Å²) in [6, 6.07) is 55.4. The molecule has 0 amide bonds. The lowest BCUT2D eigenvalue weighted by Crippen LogP contribution is -2.61. The molecule has 4 heteroatoms. The Labute approximate surface area is 438 Å². The molecule has 3 nitrogen and oxygen atoms in total. The predicted molar refractivity (Wildman–Crippen MR) is 313 cm³/mol. The molecule has 2 aliphatic heterocycles. The van der Waals surface area contributed by atoms with Gasteiger partial charge in [0.15, 0.2) is 0 Å². The van der Waals surface area contributed by atoms with Crippen molar-refractivity contribution >= 4 is 85.1 Å². The SMILES string of the molecule is [2H]c1c([2H])c(C(C)(C)C)c([2H])c2c1N(c1ccc(C(C)(C)C)cc1)c1cc(N(c3ccc4ccccc4c3)c3ccccc3-c3ccccc3)cc3c1B2c1c([2H])c(C(C)(C)C)c([2H])c([2H])c1N3c1ccc(C(C)(C)C)cc1. The Kier molecular flexibility index (Phi) is 9.63. The predicted octanol–water partition coefficient (Wildman–Crippen LogP) is 17.2. The van der Waals surface area contributed by atoms with Gasteiger partial charge in [-0.1, -0.05) is 210 Å². The molecule has 0 saturated heterocycles. The molecule has 358 valence electrons. The lowest BCUT2D eigenvalue weighted by Gasteiger charge is -2.45. The summed E-state index contributed by atoms with van der Waals surface area (Å²) in [6.45, 7) is 24.3. The number of fused-ring (bicyclic) bond motifs is 5. The van der Waals surface area contributed by atoms with Crippen LogP contribution in [0.15, 0.2) is 194 Å². The minimum atomic E-state index is -0.855. The molecule has 0 bridgehead atoms. The first kappa shape index (κ1) is 40.3. The number of hydrogen-bond acceptors (Lipinski definition) is 3. The highest BCUT2D eigenvalue weighted by molar-refractivity contribution is 7.00. The van der Waals surface area contributed by atoms with Crippen LogP contribution in [0.1, 0.15) is 114 Å². The third-order valence-corrected chi connectivity index (χ3v) is 14.5. The fraction of sp³-hybridized carbons (Fsp3) is 0.235. The Balaban J connectivity index is 1.36. The minimum Gasteiger partial charge on any atom is -0.311 e. The van der Waals surface area contributed by atoms with Gasteiger partial charge in [-0.05, 0) is 143 Å². The highest BCUT2D eigenvalue weighted by Crippen LogP contribution is 2.50. The summed E-state index contributed by atoms with van der Waals surface area (Å²) in [4.78, 5) is 6.52.